The summed E-state index contributed by atoms with van der Waals surface area (Å²) in [6.07, 6.45) is 0. The Hall–Kier alpha value is -6.98. The highest BCUT2D eigenvalue weighted by molar-refractivity contribution is 5.85. The molecule has 5 nitrogen and oxygen atoms in total. The van der Waals surface area contributed by atoms with E-state index >= 15 is 0 Å². The summed E-state index contributed by atoms with van der Waals surface area (Å²) < 4.78 is 2.22. The van der Waals surface area contributed by atoms with E-state index < -0.39 is 0 Å². The third-order valence-corrected chi connectivity index (χ3v) is 10.7. The summed E-state index contributed by atoms with van der Waals surface area (Å²) in [6.45, 7) is 4.60. The van der Waals surface area contributed by atoms with Gasteiger partial charge in [0.2, 0.25) is 0 Å². The van der Waals surface area contributed by atoms with Gasteiger partial charge in [-0.2, -0.15) is 0 Å². The Morgan fingerprint density at radius 1 is 0.389 bits per heavy atom. The van der Waals surface area contributed by atoms with Crippen molar-refractivity contribution in [3.63, 3.8) is 0 Å². The van der Waals surface area contributed by atoms with Gasteiger partial charge in [-0.25, -0.2) is 19.9 Å². The minimum atomic E-state index is -0.139. The molecular weight excluding hydrogens is 659 g/mol. The maximum Gasteiger partial charge on any atom is 0.164 e. The molecule has 0 bridgehead atoms. The molecule has 0 saturated carbocycles. The number of imidazole rings is 1. The first-order chi connectivity index (χ1) is 26.5. The van der Waals surface area contributed by atoms with Crippen molar-refractivity contribution in [2.75, 3.05) is 0 Å². The van der Waals surface area contributed by atoms with Crippen LogP contribution in [-0.2, 0) is 5.41 Å². The van der Waals surface area contributed by atoms with Crippen LogP contribution in [0.4, 0.5) is 0 Å². The van der Waals surface area contributed by atoms with Crippen molar-refractivity contribution >= 4 is 11.0 Å². The highest BCUT2D eigenvalue weighted by Gasteiger charge is 2.35. The molecule has 2 aromatic heterocycles. The summed E-state index contributed by atoms with van der Waals surface area (Å²) in [6, 6.07) is 61.3. The Labute approximate surface area is 314 Å². The summed E-state index contributed by atoms with van der Waals surface area (Å²) in [7, 11) is 0. The number of nitrogens with zero attached hydrogens (tertiary/aromatic N) is 5. The van der Waals surface area contributed by atoms with E-state index in [1.165, 1.54) is 27.8 Å². The fraction of sp³-hybridized carbons (Fsp3) is 0.0612. The quantitative estimate of drug-likeness (QED) is 0.174. The second kappa shape index (κ2) is 12.6. The van der Waals surface area contributed by atoms with Crippen LogP contribution in [0.15, 0.2) is 176 Å². The van der Waals surface area contributed by atoms with E-state index in [1.54, 1.807) is 0 Å². The highest BCUT2D eigenvalue weighted by atomic mass is 15.1. The molecule has 0 unspecified atom stereocenters. The van der Waals surface area contributed by atoms with E-state index in [0.717, 1.165) is 50.4 Å². The molecule has 0 atom stereocenters. The van der Waals surface area contributed by atoms with Gasteiger partial charge in [-0.1, -0.05) is 159 Å². The number of hydrogen-bond donors (Lipinski definition) is 0. The van der Waals surface area contributed by atoms with Crippen LogP contribution in [0.25, 0.3) is 84.5 Å². The average Bonchev–Trinajstić information content (AvgIpc) is 3.74. The van der Waals surface area contributed by atoms with Crippen molar-refractivity contribution in [2.24, 2.45) is 0 Å². The summed E-state index contributed by atoms with van der Waals surface area (Å²) >= 11 is 0. The molecular formula is C49H35N5. The van der Waals surface area contributed by atoms with Crippen LogP contribution in [0.5, 0.6) is 0 Å². The van der Waals surface area contributed by atoms with Gasteiger partial charge in [-0.3, -0.25) is 4.57 Å². The molecule has 1 aliphatic carbocycles. The lowest BCUT2D eigenvalue weighted by Gasteiger charge is -2.21. The number of aromatic nitrogens is 5. The van der Waals surface area contributed by atoms with Crippen molar-refractivity contribution in [1.82, 2.24) is 24.5 Å². The van der Waals surface area contributed by atoms with Crippen molar-refractivity contribution in [2.45, 2.75) is 19.3 Å². The van der Waals surface area contributed by atoms with Crippen LogP contribution in [0.3, 0.4) is 0 Å². The zero-order chi connectivity index (χ0) is 36.2. The van der Waals surface area contributed by atoms with E-state index in [0.29, 0.717) is 17.5 Å². The van der Waals surface area contributed by atoms with Crippen molar-refractivity contribution in [1.29, 1.82) is 0 Å². The van der Waals surface area contributed by atoms with Gasteiger partial charge in [-0.15, -0.1) is 0 Å². The Balaban J connectivity index is 1.09. The molecule has 0 aliphatic heterocycles. The predicted octanol–water partition coefficient (Wildman–Crippen LogP) is 11.9. The standard InChI is InChI=1S/C49H35N5/c1-49(2)41-18-10-9-17-39(41)40-30-29-37(31-42(40)49)47-52-45(34-23-21-33(22-24-34)32-13-5-3-6-14-32)51-46(53-47)35-25-27-36(28-26-35)48-50-43-19-11-12-20-44(43)54(48)38-15-7-4-8-16-38/h3-31H,1-2H3. The van der Waals surface area contributed by atoms with E-state index in [4.69, 9.17) is 19.9 Å². The van der Waals surface area contributed by atoms with Crippen molar-refractivity contribution in [3.8, 4) is 73.5 Å². The molecule has 1 aliphatic rings. The molecule has 2 heterocycles. The number of para-hydroxylation sites is 3. The second-order valence-electron chi connectivity index (χ2n) is 14.4. The lowest BCUT2D eigenvalue weighted by Crippen LogP contribution is -2.15. The largest absolute Gasteiger partial charge is 0.292 e. The van der Waals surface area contributed by atoms with Gasteiger partial charge in [0.1, 0.15) is 5.82 Å². The normalized spacial score (nSPS) is 12.8. The van der Waals surface area contributed by atoms with E-state index in [2.05, 4.69) is 176 Å². The molecule has 256 valence electrons. The molecule has 0 amide bonds. The highest BCUT2D eigenvalue weighted by Crippen LogP contribution is 2.49. The van der Waals surface area contributed by atoms with Gasteiger partial charge in [0, 0.05) is 33.4 Å². The minimum Gasteiger partial charge on any atom is -0.292 e. The predicted molar refractivity (Wildman–Crippen MR) is 219 cm³/mol. The van der Waals surface area contributed by atoms with Gasteiger partial charge in [-0.05, 0) is 63.7 Å². The molecule has 5 heteroatoms. The van der Waals surface area contributed by atoms with E-state index in [9.17, 15) is 0 Å². The first kappa shape index (κ1) is 31.7. The lowest BCUT2D eigenvalue weighted by molar-refractivity contribution is 0.660. The van der Waals surface area contributed by atoms with Crippen LogP contribution in [0, 0.1) is 0 Å². The van der Waals surface area contributed by atoms with Gasteiger partial charge in [0.25, 0.3) is 0 Å². The number of benzene rings is 7. The molecule has 9 aromatic rings. The van der Waals surface area contributed by atoms with E-state index in [-0.39, 0.29) is 5.41 Å². The molecule has 10 rings (SSSR count). The fourth-order valence-electron chi connectivity index (χ4n) is 7.88. The van der Waals surface area contributed by atoms with Crippen LogP contribution in [0.2, 0.25) is 0 Å². The molecule has 54 heavy (non-hydrogen) atoms. The third-order valence-electron chi connectivity index (χ3n) is 10.7. The monoisotopic (exact) mass is 693 g/mol. The van der Waals surface area contributed by atoms with Crippen LogP contribution in [-0.4, -0.2) is 24.5 Å². The van der Waals surface area contributed by atoms with E-state index in [1.807, 2.05) is 18.2 Å². The topological polar surface area (TPSA) is 56.5 Å². The molecule has 7 aromatic carbocycles. The van der Waals surface area contributed by atoms with Crippen LogP contribution < -0.4 is 0 Å². The molecule has 0 saturated heterocycles. The Kier molecular flexibility index (Phi) is 7.41. The fourth-order valence-corrected chi connectivity index (χ4v) is 7.88. The molecule has 0 fully saturated rings. The Bertz CT molecular complexity index is 2820. The van der Waals surface area contributed by atoms with Crippen molar-refractivity contribution < 1.29 is 0 Å². The zero-order valence-corrected chi connectivity index (χ0v) is 30.0. The minimum absolute atomic E-state index is 0.139. The maximum atomic E-state index is 5.15. The summed E-state index contributed by atoms with van der Waals surface area (Å²) in [5.74, 6) is 2.78. The summed E-state index contributed by atoms with van der Waals surface area (Å²) in [4.78, 5) is 20.4. The Morgan fingerprint density at radius 3 is 1.59 bits per heavy atom. The third kappa shape index (κ3) is 5.32. The van der Waals surface area contributed by atoms with Gasteiger partial charge in [0.05, 0.1) is 11.0 Å². The molecule has 0 spiro atoms. The van der Waals surface area contributed by atoms with Gasteiger partial charge in [0.15, 0.2) is 17.5 Å². The molecule has 0 N–H and O–H groups in total. The Morgan fingerprint density at radius 2 is 0.889 bits per heavy atom. The number of fused-ring (bicyclic) bond motifs is 4. The lowest BCUT2D eigenvalue weighted by atomic mass is 9.82. The molecule has 0 radical (unpaired) electrons. The maximum absolute atomic E-state index is 5.15. The average molecular weight is 694 g/mol. The zero-order valence-electron chi connectivity index (χ0n) is 30.0. The first-order valence-electron chi connectivity index (χ1n) is 18.3. The van der Waals surface area contributed by atoms with Gasteiger partial charge >= 0.3 is 0 Å². The smallest absolute Gasteiger partial charge is 0.164 e. The van der Waals surface area contributed by atoms with Gasteiger partial charge < -0.3 is 0 Å². The van der Waals surface area contributed by atoms with Crippen LogP contribution in [0.1, 0.15) is 25.0 Å². The first-order valence-corrected chi connectivity index (χ1v) is 18.3. The second-order valence-corrected chi connectivity index (χ2v) is 14.4. The van der Waals surface area contributed by atoms with Crippen molar-refractivity contribution in [3.05, 3.63) is 187 Å². The summed E-state index contributed by atoms with van der Waals surface area (Å²) in [5.41, 5.74) is 14.2. The van der Waals surface area contributed by atoms with Crippen LogP contribution >= 0.6 is 0 Å². The summed E-state index contributed by atoms with van der Waals surface area (Å²) in [5, 5.41) is 0. The number of hydrogen-bond acceptors (Lipinski definition) is 4. The SMILES string of the molecule is CC1(C)c2ccccc2-c2ccc(-c3nc(-c4ccc(-c5ccccc5)cc4)nc(-c4ccc(-c5nc6ccccc6n5-c5ccccc5)cc4)n3)cc21. The number of rotatable bonds is 6.